The van der Waals surface area contributed by atoms with Crippen LogP contribution in [-0.4, -0.2) is 23.6 Å². The number of hydrogen-bond acceptors (Lipinski definition) is 4. The molecular formula is C24H26BrNO4. The van der Waals surface area contributed by atoms with Gasteiger partial charge < -0.3 is 9.47 Å². The van der Waals surface area contributed by atoms with Crippen molar-refractivity contribution in [2.45, 2.75) is 33.0 Å². The maximum absolute atomic E-state index is 12.8. The first-order valence-corrected chi connectivity index (χ1v) is 10.9. The van der Waals surface area contributed by atoms with Crippen LogP contribution in [0.25, 0.3) is 10.8 Å². The monoisotopic (exact) mass is 471 g/mol. The van der Waals surface area contributed by atoms with Gasteiger partial charge in [0.15, 0.2) is 0 Å². The first kappa shape index (κ1) is 22.1. The van der Waals surface area contributed by atoms with E-state index in [1.807, 2.05) is 87.5 Å². The predicted octanol–water partition coefficient (Wildman–Crippen LogP) is 6.49. The van der Waals surface area contributed by atoms with Crippen molar-refractivity contribution in [1.29, 1.82) is 0 Å². The molecule has 3 aromatic carbocycles. The highest BCUT2D eigenvalue weighted by Crippen LogP contribution is 2.25. The second kappa shape index (κ2) is 9.96. The lowest BCUT2D eigenvalue weighted by Crippen LogP contribution is -2.36. The summed E-state index contributed by atoms with van der Waals surface area (Å²) in [6.45, 7) is 6.30. The molecule has 0 unspecified atom stereocenters. The van der Waals surface area contributed by atoms with Crippen molar-refractivity contribution in [3.8, 4) is 5.75 Å². The summed E-state index contributed by atoms with van der Waals surface area (Å²) in [7, 11) is 0. The Morgan fingerprint density at radius 3 is 2.33 bits per heavy atom. The van der Waals surface area contributed by atoms with Crippen LogP contribution in [0.3, 0.4) is 0 Å². The van der Waals surface area contributed by atoms with Crippen LogP contribution < -0.4 is 9.80 Å². The standard InChI is InChI=1S/C24H26BrNO4/c1-24(2,3)30-23(27)26(21-11-10-19-6-4-5-7-20(19)16-21)29-17-18-8-12-22(13-9-18)28-15-14-25/h4-13,16H,14-15,17H2,1-3H3. The maximum atomic E-state index is 12.8. The predicted molar refractivity (Wildman–Crippen MR) is 123 cm³/mol. The van der Waals surface area contributed by atoms with Crippen LogP contribution in [0.15, 0.2) is 66.7 Å². The van der Waals surface area contributed by atoms with Crippen molar-refractivity contribution < 1.29 is 19.1 Å². The lowest BCUT2D eigenvalue weighted by Gasteiger charge is -2.27. The summed E-state index contributed by atoms with van der Waals surface area (Å²) in [5.41, 5.74) is 0.889. The van der Waals surface area contributed by atoms with Crippen molar-refractivity contribution in [3.05, 3.63) is 72.3 Å². The second-order valence-electron chi connectivity index (χ2n) is 7.76. The van der Waals surface area contributed by atoms with E-state index in [9.17, 15) is 4.79 Å². The molecule has 0 aliphatic heterocycles. The Labute approximate surface area is 185 Å². The number of alkyl halides is 1. The van der Waals surface area contributed by atoms with Crippen molar-refractivity contribution >= 4 is 38.5 Å². The summed E-state index contributed by atoms with van der Waals surface area (Å²) >= 11 is 3.34. The summed E-state index contributed by atoms with van der Waals surface area (Å²) in [6.07, 6.45) is -0.560. The van der Waals surface area contributed by atoms with Crippen molar-refractivity contribution in [2.24, 2.45) is 0 Å². The zero-order valence-corrected chi connectivity index (χ0v) is 19.0. The van der Waals surface area contributed by atoms with E-state index in [2.05, 4.69) is 15.9 Å². The fraction of sp³-hybridized carbons (Fsp3) is 0.292. The molecular weight excluding hydrogens is 446 g/mol. The molecule has 0 heterocycles. The fourth-order valence-corrected chi connectivity index (χ4v) is 2.98. The number of anilines is 1. The van der Waals surface area contributed by atoms with Crippen LogP contribution in [0.4, 0.5) is 10.5 Å². The molecule has 5 nitrogen and oxygen atoms in total. The Balaban J connectivity index is 1.79. The van der Waals surface area contributed by atoms with Gasteiger partial charge in [-0.25, -0.2) is 4.79 Å². The smallest absolute Gasteiger partial charge is 0.439 e. The van der Waals surface area contributed by atoms with Gasteiger partial charge >= 0.3 is 6.09 Å². The maximum Gasteiger partial charge on any atom is 0.439 e. The van der Waals surface area contributed by atoms with Crippen LogP contribution in [0.1, 0.15) is 26.3 Å². The summed E-state index contributed by atoms with van der Waals surface area (Å²) in [5, 5.41) is 4.09. The number of amides is 1. The van der Waals surface area contributed by atoms with Gasteiger partial charge in [0.05, 0.1) is 12.3 Å². The molecule has 3 rings (SSSR count). The largest absolute Gasteiger partial charge is 0.493 e. The van der Waals surface area contributed by atoms with Crippen LogP contribution in [0.5, 0.6) is 5.75 Å². The molecule has 0 bridgehead atoms. The molecule has 0 aromatic heterocycles. The number of hydroxylamine groups is 1. The second-order valence-corrected chi connectivity index (χ2v) is 8.55. The van der Waals surface area contributed by atoms with Gasteiger partial charge in [0.25, 0.3) is 0 Å². The van der Waals surface area contributed by atoms with Crippen LogP contribution in [0, 0.1) is 0 Å². The molecule has 1 amide bonds. The lowest BCUT2D eigenvalue weighted by molar-refractivity contribution is 0.0191. The van der Waals surface area contributed by atoms with Gasteiger partial charge in [0.1, 0.15) is 18.0 Å². The van der Waals surface area contributed by atoms with Gasteiger partial charge in [-0.05, 0) is 61.4 Å². The molecule has 0 saturated carbocycles. The number of hydrogen-bond donors (Lipinski definition) is 0. The molecule has 0 N–H and O–H groups in total. The van der Waals surface area contributed by atoms with E-state index in [1.165, 1.54) is 5.06 Å². The van der Waals surface area contributed by atoms with E-state index in [4.69, 9.17) is 14.3 Å². The Bertz CT molecular complexity index is 982. The van der Waals surface area contributed by atoms with Gasteiger partial charge in [0.2, 0.25) is 0 Å². The number of ether oxygens (including phenoxy) is 2. The number of halogens is 1. The first-order chi connectivity index (χ1) is 14.4. The Morgan fingerprint density at radius 1 is 0.967 bits per heavy atom. The van der Waals surface area contributed by atoms with Gasteiger partial charge in [-0.3, -0.25) is 4.84 Å². The SMILES string of the molecule is CC(C)(C)OC(=O)N(OCc1ccc(OCCBr)cc1)c1ccc2ccccc2c1. The molecule has 0 saturated heterocycles. The normalized spacial score (nSPS) is 11.3. The zero-order valence-electron chi connectivity index (χ0n) is 17.4. The molecule has 30 heavy (non-hydrogen) atoms. The zero-order chi connectivity index (χ0) is 21.6. The van der Waals surface area contributed by atoms with Crippen LogP contribution in [-0.2, 0) is 16.2 Å². The number of benzene rings is 3. The van der Waals surface area contributed by atoms with Crippen molar-refractivity contribution in [3.63, 3.8) is 0 Å². The highest BCUT2D eigenvalue weighted by atomic mass is 79.9. The van der Waals surface area contributed by atoms with Crippen molar-refractivity contribution in [1.82, 2.24) is 0 Å². The van der Waals surface area contributed by atoms with E-state index in [0.717, 1.165) is 27.4 Å². The van der Waals surface area contributed by atoms with Crippen LogP contribution >= 0.6 is 15.9 Å². The Morgan fingerprint density at radius 2 is 1.67 bits per heavy atom. The molecule has 0 aliphatic carbocycles. The van der Waals surface area contributed by atoms with E-state index >= 15 is 0 Å². The molecule has 0 radical (unpaired) electrons. The lowest BCUT2D eigenvalue weighted by atomic mass is 10.1. The highest BCUT2D eigenvalue weighted by Gasteiger charge is 2.25. The van der Waals surface area contributed by atoms with Crippen molar-refractivity contribution in [2.75, 3.05) is 17.0 Å². The van der Waals surface area contributed by atoms with E-state index < -0.39 is 11.7 Å². The van der Waals surface area contributed by atoms with E-state index in [-0.39, 0.29) is 6.61 Å². The number of rotatable bonds is 7. The van der Waals surface area contributed by atoms with Gasteiger partial charge in [-0.15, -0.1) is 0 Å². The molecule has 0 spiro atoms. The Hall–Kier alpha value is -2.57. The van der Waals surface area contributed by atoms with E-state index in [0.29, 0.717) is 12.3 Å². The van der Waals surface area contributed by atoms with E-state index in [1.54, 1.807) is 0 Å². The third kappa shape index (κ3) is 6.21. The number of carbonyl (C=O) groups is 1. The van der Waals surface area contributed by atoms with Gasteiger partial charge in [-0.2, -0.15) is 5.06 Å². The Kier molecular flexibility index (Phi) is 7.34. The minimum atomic E-state index is -0.635. The average Bonchev–Trinajstić information content (AvgIpc) is 2.72. The summed E-state index contributed by atoms with van der Waals surface area (Å²) in [5.74, 6) is 0.789. The fourth-order valence-electron chi connectivity index (χ4n) is 2.82. The quantitative estimate of drug-likeness (QED) is 0.292. The molecule has 6 heteroatoms. The van der Waals surface area contributed by atoms with Gasteiger partial charge in [-0.1, -0.05) is 58.4 Å². The molecule has 0 aliphatic rings. The summed E-state index contributed by atoms with van der Waals surface area (Å²) in [4.78, 5) is 18.7. The minimum Gasteiger partial charge on any atom is -0.493 e. The van der Waals surface area contributed by atoms with Gasteiger partial charge in [0, 0.05) is 5.33 Å². The highest BCUT2D eigenvalue weighted by molar-refractivity contribution is 9.09. The average molecular weight is 472 g/mol. The third-order valence-corrected chi connectivity index (χ3v) is 4.48. The minimum absolute atomic E-state index is 0.213. The summed E-state index contributed by atoms with van der Waals surface area (Å²) < 4.78 is 11.1. The van der Waals surface area contributed by atoms with Crippen LogP contribution in [0.2, 0.25) is 0 Å². The first-order valence-electron chi connectivity index (χ1n) is 9.78. The number of nitrogens with zero attached hydrogens (tertiary/aromatic N) is 1. The summed E-state index contributed by atoms with van der Waals surface area (Å²) in [6, 6.07) is 21.3. The third-order valence-electron chi connectivity index (χ3n) is 4.16. The molecule has 3 aromatic rings. The number of carbonyl (C=O) groups excluding carboxylic acids is 1. The topological polar surface area (TPSA) is 48.0 Å². The molecule has 0 fully saturated rings. The molecule has 158 valence electrons. The molecule has 0 atom stereocenters. The number of fused-ring (bicyclic) bond motifs is 1.